The zero-order valence-corrected chi connectivity index (χ0v) is 13.1. The SMILES string of the molecule is CCOC(=O)Cn1c(=O)c2ccccc2n(-c2ccccc2)c1=O. The molecule has 0 saturated carbocycles. The first-order chi connectivity index (χ1) is 11.6. The van der Waals surface area contributed by atoms with E-state index in [0.717, 1.165) is 4.57 Å². The van der Waals surface area contributed by atoms with Crippen LogP contribution in [0.1, 0.15) is 6.92 Å². The number of hydrogen-bond donors (Lipinski definition) is 0. The average Bonchev–Trinajstić information content (AvgIpc) is 2.60. The number of esters is 1. The number of fused-ring (bicyclic) bond motifs is 1. The highest BCUT2D eigenvalue weighted by atomic mass is 16.5. The van der Waals surface area contributed by atoms with Crippen LogP contribution in [0, 0.1) is 0 Å². The molecule has 0 spiro atoms. The number of nitrogens with zero attached hydrogens (tertiary/aromatic N) is 2. The molecule has 0 aliphatic rings. The quantitative estimate of drug-likeness (QED) is 0.685. The van der Waals surface area contributed by atoms with E-state index < -0.39 is 23.8 Å². The average molecular weight is 324 g/mol. The summed E-state index contributed by atoms with van der Waals surface area (Å²) in [5.41, 5.74) is 0.0453. The van der Waals surface area contributed by atoms with Crippen LogP contribution < -0.4 is 11.2 Å². The summed E-state index contributed by atoms with van der Waals surface area (Å²) in [5.74, 6) is -0.619. The van der Waals surface area contributed by atoms with Gasteiger partial charge in [0, 0.05) is 0 Å². The van der Waals surface area contributed by atoms with Crippen LogP contribution in [-0.2, 0) is 16.1 Å². The third-order valence-electron chi connectivity index (χ3n) is 3.65. The Hall–Kier alpha value is -3.15. The fourth-order valence-corrected chi connectivity index (χ4v) is 2.61. The van der Waals surface area contributed by atoms with Crippen molar-refractivity contribution in [3.8, 4) is 5.69 Å². The summed E-state index contributed by atoms with van der Waals surface area (Å²) in [6.07, 6.45) is 0. The molecule has 0 fully saturated rings. The molecule has 6 nitrogen and oxygen atoms in total. The lowest BCUT2D eigenvalue weighted by Gasteiger charge is -2.13. The highest BCUT2D eigenvalue weighted by Crippen LogP contribution is 2.13. The number of ether oxygens (including phenoxy) is 1. The number of rotatable bonds is 4. The van der Waals surface area contributed by atoms with E-state index in [1.165, 1.54) is 4.57 Å². The number of carbonyl (C=O) groups excluding carboxylic acids is 1. The Balaban J connectivity index is 2.33. The van der Waals surface area contributed by atoms with Gasteiger partial charge in [-0.05, 0) is 31.2 Å². The molecule has 0 unspecified atom stereocenters. The third kappa shape index (κ3) is 2.74. The van der Waals surface area contributed by atoms with Crippen LogP contribution in [-0.4, -0.2) is 21.7 Å². The monoisotopic (exact) mass is 324 g/mol. The number of para-hydroxylation sites is 2. The molecule has 0 aliphatic heterocycles. The Bertz CT molecular complexity index is 1000. The van der Waals surface area contributed by atoms with E-state index in [2.05, 4.69) is 0 Å². The lowest BCUT2D eigenvalue weighted by atomic mass is 10.2. The highest BCUT2D eigenvalue weighted by Gasteiger charge is 2.16. The van der Waals surface area contributed by atoms with E-state index in [4.69, 9.17) is 4.74 Å². The molecular formula is C18H16N2O4. The molecule has 1 heterocycles. The molecule has 0 N–H and O–H groups in total. The fourth-order valence-electron chi connectivity index (χ4n) is 2.61. The van der Waals surface area contributed by atoms with Crippen LogP contribution in [0.4, 0.5) is 0 Å². The molecule has 2 aromatic carbocycles. The van der Waals surface area contributed by atoms with Crippen LogP contribution in [0.25, 0.3) is 16.6 Å². The van der Waals surface area contributed by atoms with Crippen molar-refractivity contribution >= 4 is 16.9 Å². The van der Waals surface area contributed by atoms with Crippen LogP contribution in [0.2, 0.25) is 0 Å². The van der Waals surface area contributed by atoms with Crippen LogP contribution in [0.5, 0.6) is 0 Å². The smallest absolute Gasteiger partial charge is 0.336 e. The third-order valence-corrected chi connectivity index (χ3v) is 3.65. The Morgan fingerprint density at radius 2 is 1.67 bits per heavy atom. The maximum Gasteiger partial charge on any atom is 0.336 e. The maximum absolute atomic E-state index is 12.9. The van der Waals surface area contributed by atoms with Gasteiger partial charge in [-0.3, -0.25) is 14.2 Å². The molecule has 0 aliphatic carbocycles. The van der Waals surface area contributed by atoms with E-state index in [1.54, 1.807) is 55.5 Å². The lowest BCUT2D eigenvalue weighted by molar-refractivity contribution is -0.143. The summed E-state index contributed by atoms with van der Waals surface area (Å²) in [6, 6.07) is 15.8. The predicted octanol–water partition coefficient (Wildman–Crippen LogP) is 1.72. The number of hydrogen-bond acceptors (Lipinski definition) is 4. The molecular weight excluding hydrogens is 308 g/mol. The highest BCUT2D eigenvalue weighted by molar-refractivity contribution is 5.80. The Labute approximate surface area is 137 Å². The zero-order chi connectivity index (χ0) is 17.1. The van der Waals surface area contributed by atoms with Crippen molar-refractivity contribution in [2.45, 2.75) is 13.5 Å². The number of aromatic nitrogens is 2. The predicted molar refractivity (Wildman–Crippen MR) is 90.4 cm³/mol. The van der Waals surface area contributed by atoms with Crippen molar-refractivity contribution in [3.05, 3.63) is 75.4 Å². The van der Waals surface area contributed by atoms with Gasteiger partial charge < -0.3 is 4.74 Å². The lowest BCUT2D eigenvalue weighted by Crippen LogP contribution is -2.41. The van der Waals surface area contributed by atoms with E-state index >= 15 is 0 Å². The molecule has 0 radical (unpaired) electrons. The summed E-state index contributed by atoms with van der Waals surface area (Å²) in [6.45, 7) is 1.44. The minimum Gasteiger partial charge on any atom is -0.465 e. The summed E-state index contributed by atoms with van der Waals surface area (Å²) in [4.78, 5) is 37.2. The van der Waals surface area contributed by atoms with Gasteiger partial charge in [-0.25, -0.2) is 9.36 Å². The Kier molecular flexibility index (Phi) is 4.29. The van der Waals surface area contributed by atoms with Crippen molar-refractivity contribution in [3.63, 3.8) is 0 Å². The van der Waals surface area contributed by atoms with Gasteiger partial charge in [0.15, 0.2) is 0 Å². The topological polar surface area (TPSA) is 70.3 Å². The van der Waals surface area contributed by atoms with Crippen molar-refractivity contribution < 1.29 is 9.53 Å². The normalized spacial score (nSPS) is 10.7. The van der Waals surface area contributed by atoms with Gasteiger partial charge in [0.1, 0.15) is 6.54 Å². The van der Waals surface area contributed by atoms with Crippen molar-refractivity contribution in [1.29, 1.82) is 0 Å². The van der Waals surface area contributed by atoms with E-state index in [9.17, 15) is 14.4 Å². The van der Waals surface area contributed by atoms with Crippen molar-refractivity contribution in [2.24, 2.45) is 0 Å². The fraction of sp³-hybridized carbons (Fsp3) is 0.167. The van der Waals surface area contributed by atoms with Crippen LogP contribution in [0.3, 0.4) is 0 Å². The molecule has 3 rings (SSSR count). The van der Waals surface area contributed by atoms with Gasteiger partial charge in [-0.15, -0.1) is 0 Å². The molecule has 0 bridgehead atoms. The largest absolute Gasteiger partial charge is 0.465 e. The van der Waals surface area contributed by atoms with Gasteiger partial charge in [0.25, 0.3) is 5.56 Å². The van der Waals surface area contributed by atoms with E-state index in [1.807, 2.05) is 6.07 Å². The second-order valence-corrected chi connectivity index (χ2v) is 5.17. The van der Waals surface area contributed by atoms with Crippen LogP contribution in [0.15, 0.2) is 64.2 Å². The molecule has 24 heavy (non-hydrogen) atoms. The molecule has 1 aromatic heterocycles. The Morgan fingerprint density at radius 1 is 1.00 bits per heavy atom. The molecule has 0 atom stereocenters. The molecule has 122 valence electrons. The summed E-state index contributed by atoms with van der Waals surface area (Å²) in [7, 11) is 0. The first-order valence-corrected chi connectivity index (χ1v) is 7.59. The Morgan fingerprint density at radius 3 is 2.38 bits per heavy atom. The first kappa shape index (κ1) is 15.7. The van der Waals surface area contributed by atoms with Gasteiger partial charge in [0.2, 0.25) is 0 Å². The minimum absolute atomic E-state index is 0.189. The van der Waals surface area contributed by atoms with Gasteiger partial charge in [-0.1, -0.05) is 30.3 Å². The van der Waals surface area contributed by atoms with Crippen molar-refractivity contribution in [1.82, 2.24) is 9.13 Å². The number of carbonyl (C=O) groups is 1. The second-order valence-electron chi connectivity index (χ2n) is 5.17. The second kappa shape index (κ2) is 6.54. The maximum atomic E-state index is 12.9. The van der Waals surface area contributed by atoms with Gasteiger partial charge in [-0.2, -0.15) is 0 Å². The standard InChI is InChI=1S/C18H16N2O4/c1-2-24-16(21)12-19-17(22)14-10-6-7-11-15(14)20(18(19)23)13-8-4-3-5-9-13/h3-11H,2,12H2,1H3. The minimum atomic E-state index is -0.619. The zero-order valence-electron chi connectivity index (χ0n) is 13.1. The molecule has 3 aromatic rings. The summed E-state index contributed by atoms with van der Waals surface area (Å²) < 4.78 is 7.20. The van der Waals surface area contributed by atoms with Gasteiger partial charge in [0.05, 0.1) is 23.2 Å². The molecule has 6 heteroatoms. The number of benzene rings is 2. The van der Waals surface area contributed by atoms with Crippen LogP contribution >= 0.6 is 0 Å². The van der Waals surface area contributed by atoms with Gasteiger partial charge >= 0.3 is 11.7 Å². The summed E-state index contributed by atoms with van der Waals surface area (Å²) >= 11 is 0. The molecule has 0 saturated heterocycles. The van der Waals surface area contributed by atoms with E-state index in [-0.39, 0.29) is 6.61 Å². The summed E-state index contributed by atoms with van der Waals surface area (Å²) in [5, 5.41) is 0.366. The van der Waals surface area contributed by atoms with Crippen molar-refractivity contribution in [2.75, 3.05) is 6.61 Å². The first-order valence-electron chi connectivity index (χ1n) is 7.59. The van der Waals surface area contributed by atoms with E-state index in [0.29, 0.717) is 16.6 Å². The molecule has 0 amide bonds.